The van der Waals surface area contributed by atoms with E-state index in [2.05, 4.69) is 10.0 Å². The molecule has 0 aliphatic rings. The van der Waals surface area contributed by atoms with Crippen molar-refractivity contribution >= 4 is 21.6 Å². The summed E-state index contributed by atoms with van der Waals surface area (Å²) in [7, 11) is 0.722. The molecule has 0 aromatic heterocycles. The molecule has 2 N–H and O–H groups in total. The van der Waals surface area contributed by atoms with Crippen molar-refractivity contribution in [3.8, 4) is 17.2 Å². The fourth-order valence-corrected chi connectivity index (χ4v) is 4.82. The number of sulfonamides is 1. The van der Waals surface area contributed by atoms with Gasteiger partial charge in [-0.1, -0.05) is 17.7 Å². The number of anilines is 1. The van der Waals surface area contributed by atoms with E-state index in [1.165, 1.54) is 21.3 Å². The van der Waals surface area contributed by atoms with Gasteiger partial charge < -0.3 is 19.5 Å². The number of hydrogen-bond acceptors (Lipinski definition) is 6. The van der Waals surface area contributed by atoms with Gasteiger partial charge in [-0.2, -0.15) is 0 Å². The molecule has 8 nitrogen and oxygen atoms in total. The normalized spacial score (nSPS) is 11.1. The van der Waals surface area contributed by atoms with Gasteiger partial charge in [-0.3, -0.25) is 4.79 Å². The first kappa shape index (κ1) is 23.5. The zero-order chi connectivity index (χ0) is 22.5. The summed E-state index contributed by atoms with van der Waals surface area (Å²) in [4.78, 5) is 12.6. The van der Waals surface area contributed by atoms with Gasteiger partial charge in [-0.25, -0.2) is 13.1 Å². The van der Waals surface area contributed by atoms with Crippen LogP contribution in [0.1, 0.15) is 23.1 Å². The number of carbonyl (C=O) groups is 1. The Morgan fingerprint density at radius 2 is 1.43 bits per heavy atom. The molecular formula is C21H28N2O6S. The van der Waals surface area contributed by atoms with Crippen molar-refractivity contribution in [3.63, 3.8) is 0 Å². The molecule has 0 atom stereocenters. The molecule has 2 rings (SSSR count). The van der Waals surface area contributed by atoms with Crippen molar-refractivity contribution in [2.75, 3.05) is 33.2 Å². The minimum Gasteiger partial charge on any atom is -0.493 e. The summed E-state index contributed by atoms with van der Waals surface area (Å²) < 4.78 is 43.6. The first-order valence-electron chi connectivity index (χ1n) is 9.30. The third-order valence-corrected chi connectivity index (χ3v) is 6.23. The van der Waals surface area contributed by atoms with E-state index in [1.54, 1.807) is 26.0 Å². The quantitative estimate of drug-likeness (QED) is 0.627. The van der Waals surface area contributed by atoms with E-state index >= 15 is 0 Å². The maximum absolute atomic E-state index is 12.7. The van der Waals surface area contributed by atoms with Crippen LogP contribution in [0.5, 0.6) is 17.2 Å². The predicted octanol–water partition coefficient (Wildman–Crippen LogP) is 2.94. The topological polar surface area (TPSA) is 103 Å². The van der Waals surface area contributed by atoms with E-state index in [0.717, 1.165) is 5.56 Å². The van der Waals surface area contributed by atoms with Crippen LogP contribution in [0.15, 0.2) is 29.2 Å². The highest BCUT2D eigenvalue weighted by Crippen LogP contribution is 2.39. The highest BCUT2D eigenvalue weighted by molar-refractivity contribution is 7.89. The summed E-state index contributed by atoms with van der Waals surface area (Å²) >= 11 is 0. The number of hydrogen-bond donors (Lipinski definition) is 2. The highest BCUT2D eigenvalue weighted by Gasteiger charge is 2.20. The smallest absolute Gasteiger partial charge is 0.241 e. The Hall–Kier alpha value is -2.78. The van der Waals surface area contributed by atoms with Gasteiger partial charge in [-0.15, -0.1) is 0 Å². The van der Waals surface area contributed by atoms with E-state index < -0.39 is 10.0 Å². The average Bonchev–Trinajstić information content (AvgIpc) is 2.65. The van der Waals surface area contributed by atoms with Crippen LogP contribution in [-0.2, 0) is 14.8 Å². The molecular weight excluding hydrogens is 408 g/mol. The number of rotatable bonds is 9. The Balaban J connectivity index is 2.05. The summed E-state index contributed by atoms with van der Waals surface area (Å²) in [5.74, 6) is 0.857. The van der Waals surface area contributed by atoms with Gasteiger partial charge in [0.05, 0.1) is 26.2 Å². The molecule has 0 radical (unpaired) electrons. The van der Waals surface area contributed by atoms with E-state index in [0.29, 0.717) is 34.1 Å². The number of methoxy groups -OCH3 is 3. The second kappa shape index (κ2) is 9.82. The molecule has 0 unspecified atom stereocenters. The predicted molar refractivity (Wildman–Crippen MR) is 115 cm³/mol. The van der Waals surface area contributed by atoms with Gasteiger partial charge in [0.1, 0.15) is 0 Å². The number of aryl methyl sites for hydroxylation is 3. The average molecular weight is 437 g/mol. The van der Waals surface area contributed by atoms with Gasteiger partial charge in [0.15, 0.2) is 11.5 Å². The maximum atomic E-state index is 12.7. The van der Waals surface area contributed by atoms with Crippen molar-refractivity contribution in [3.05, 3.63) is 41.0 Å². The van der Waals surface area contributed by atoms with Crippen LogP contribution >= 0.6 is 0 Å². The molecule has 9 heteroatoms. The van der Waals surface area contributed by atoms with Crippen molar-refractivity contribution in [1.82, 2.24) is 4.72 Å². The molecule has 0 fully saturated rings. The van der Waals surface area contributed by atoms with Crippen molar-refractivity contribution in [2.24, 2.45) is 0 Å². The number of carbonyl (C=O) groups excluding carboxylic acids is 1. The minimum atomic E-state index is -3.72. The molecule has 0 bridgehead atoms. The molecule has 0 saturated carbocycles. The second-order valence-electron chi connectivity index (χ2n) is 6.84. The summed E-state index contributed by atoms with van der Waals surface area (Å²) in [5, 5.41) is 2.71. The molecule has 0 heterocycles. The molecule has 1 amide bonds. The first-order chi connectivity index (χ1) is 14.1. The Morgan fingerprint density at radius 3 is 1.90 bits per heavy atom. The number of nitrogens with one attached hydrogen (secondary N) is 2. The standard InChI is InChI=1S/C21H28N2O6S/c1-13-9-14(2)21(15(3)10-13)30(25,26)22-8-7-19(24)23-16-11-17(27-4)20(29-6)18(12-16)28-5/h9-12,22H,7-8H2,1-6H3,(H,23,24). The summed E-state index contributed by atoms with van der Waals surface area (Å²) in [6.07, 6.45) is -0.0418. The van der Waals surface area contributed by atoms with E-state index in [-0.39, 0.29) is 23.8 Å². The van der Waals surface area contributed by atoms with Gasteiger partial charge in [0.25, 0.3) is 0 Å². The van der Waals surface area contributed by atoms with Crippen LogP contribution in [-0.4, -0.2) is 42.2 Å². The molecule has 2 aromatic carbocycles. The van der Waals surface area contributed by atoms with Crippen molar-refractivity contribution < 1.29 is 27.4 Å². The van der Waals surface area contributed by atoms with Crippen LogP contribution in [0, 0.1) is 20.8 Å². The molecule has 0 aliphatic carbocycles. The van der Waals surface area contributed by atoms with E-state index in [9.17, 15) is 13.2 Å². The lowest BCUT2D eigenvalue weighted by Crippen LogP contribution is -2.29. The second-order valence-corrected chi connectivity index (χ2v) is 8.54. The zero-order valence-corrected chi connectivity index (χ0v) is 18.9. The number of amides is 1. The Labute approximate surface area is 177 Å². The van der Waals surface area contributed by atoms with Crippen LogP contribution in [0.2, 0.25) is 0 Å². The highest BCUT2D eigenvalue weighted by atomic mass is 32.2. The fourth-order valence-electron chi connectivity index (χ4n) is 3.34. The SMILES string of the molecule is COc1cc(NC(=O)CCNS(=O)(=O)c2c(C)cc(C)cc2C)cc(OC)c1OC. The van der Waals surface area contributed by atoms with Crippen LogP contribution in [0.25, 0.3) is 0 Å². The van der Waals surface area contributed by atoms with Gasteiger partial charge in [0, 0.05) is 30.8 Å². The van der Waals surface area contributed by atoms with Crippen LogP contribution in [0.3, 0.4) is 0 Å². The molecule has 0 saturated heterocycles. The van der Waals surface area contributed by atoms with Crippen molar-refractivity contribution in [2.45, 2.75) is 32.1 Å². The van der Waals surface area contributed by atoms with E-state index in [4.69, 9.17) is 14.2 Å². The summed E-state index contributed by atoms with van der Waals surface area (Å²) in [6.45, 7) is 5.39. The number of benzene rings is 2. The molecule has 2 aromatic rings. The monoisotopic (exact) mass is 436 g/mol. The lowest BCUT2D eigenvalue weighted by Gasteiger charge is -2.15. The summed E-state index contributed by atoms with van der Waals surface area (Å²) in [6, 6.07) is 6.84. The number of ether oxygens (including phenoxy) is 3. The van der Waals surface area contributed by atoms with Crippen LogP contribution < -0.4 is 24.2 Å². The van der Waals surface area contributed by atoms with E-state index in [1.807, 2.05) is 19.1 Å². The Kier molecular flexibility index (Phi) is 7.69. The fraction of sp³-hybridized carbons (Fsp3) is 0.381. The Bertz CT molecular complexity index is 986. The third kappa shape index (κ3) is 5.43. The third-order valence-electron chi connectivity index (χ3n) is 4.47. The van der Waals surface area contributed by atoms with Crippen LogP contribution in [0.4, 0.5) is 5.69 Å². The summed E-state index contributed by atoms with van der Waals surface area (Å²) in [5.41, 5.74) is 2.78. The van der Waals surface area contributed by atoms with Gasteiger partial charge in [0.2, 0.25) is 21.7 Å². The Morgan fingerprint density at radius 1 is 0.900 bits per heavy atom. The maximum Gasteiger partial charge on any atom is 0.241 e. The minimum absolute atomic E-state index is 0.0364. The van der Waals surface area contributed by atoms with Gasteiger partial charge in [-0.05, 0) is 31.9 Å². The molecule has 30 heavy (non-hydrogen) atoms. The molecule has 0 spiro atoms. The van der Waals surface area contributed by atoms with Gasteiger partial charge >= 0.3 is 0 Å². The lowest BCUT2D eigenvalue weighted by molar-refractivity contribution is -0.116. The lowest BCUT2D eigenvalue weighted by atomic mass is 10.1. The molecule has 164 valence electrons. The molecule has 0 aliphatic heterocycles. The largest absolute Gasteiger partial charge is 0.493 e. The first-order valence-corrected chi connectivity index (χ1v) is 10.8. The van der Waals surface area contributed by atoms with Crippen molar-refractivity contribution in [1.29, 1.82) is 0 Å². The zero-order valence-electron chi connectivity index (χ0n) is 18.1.